The molecule has 5 heteroatoms. The van der Waals surface area contributed by atoms with Gasteiger partial charge >= 0.3 is 0 Å². The van der Waals surface area contributed by atoms with Crippen LogP contribution in [0.25, 0.3) is 33.3 Å². The Bertz CT molecular complexity index is 1150. The van der Waals surface area contributed by atoms with Crippen LogP contribution in [0, 0.1) is 5.92 Å². The van der Waals surface area contributed by atoms with Gasteiger partial charge in [-0.2, -0.15) is 0 Å². The Balaban J connectivity index is 1.56. The molecule has 0 amide bonds. The van der Waals surface area contributed by atoms with Crippen LogP contribution < -0.4 is 10.5 Å². The normalized spacial score (nSPS) is 13.6. The first-order valence-corrected chi connectivity index (χ1v) is 9.47. The number of nitrogen functional groups attached to an aromatic ring is 1. The molecule has 5 rings (SSSR count). The van der Waals surface area contributed by atoms with Crippen molar-refractivity contribution in [3.63, 3.8) is 0 Å². The number of nitrogens with two attached hydrogens (primary N) is 1. The van der Waals surface area contributed by atoms with Crippen LogP contribution in [0.5, 0.6) is 5.75 Å². The first-order valence-electron chi connectivity index (χ1n) is 9.47. The number of aromatic nitrogens is 3. The highest BCUT2D eigenvalue weighted by Gasteiger charge is 2.22. The highest BCUT2D eigenvalue weighted by molar-refractivity contribution is 5.93. The van der Waals surface area contributed by atoms with E-state index in [-0.39, 0.29) is 0 Å². The Kier molecular flexibility index (Phi) is 4.13. The second kappa shape index (κ2) is 6.93. The van der Waals surface area contributed by atoms with Crippen molar-refractivity contribution in [1.82, 2.24) is 15.0 Å². The molecule has 0 radical (unpaired) electrons. The van der Waals surface area contributed by atoms with E-state index in [1.807, 2.05) is 42.6 Å². The number of pyridine rings is 1. The Morgan fingerprint density at radius 2 is 1.86 bits per heavy atom. The summed E-state index contributed by atoms with van der Waals surface area (Å²) in [6, 6.07) is 18.2. The van der Waals surface area contributed by atoms with Crippen molar-refractivity contribution in [3.8, 4) is 28.1 Å². The Hall–Kier alpha value is -3.47. The van der Waals surface area contributed by atoms with E-state index in [4.69, 9.17) is 10.5 Å². The summed E-state index contributed by atoms with van der Waals surface area (Å²) >= 11 is 0. The van der Waals surface area contributed by atoms with Gasteiger partial charge in [0.1, 0.15) is 17.9 Å². The molecule has 1 aliphatic rings. The quantitative estimate of drug-likeness (QED) is 0.551. The molecule has 2 aromatic heterocycles. The predicted octanol–water partition coefficient (Wildman–Crippen LogP) is 4.73. The molecule has 0 saturated heterocycles. The van der Waals surface area contributed by atoms with Crippen molar-refractivity contribution in [2.45, 2.75) is 12.8 Å². The van der Waals surface area contributed by atoms with Crippen molar-refractivity contribution in [2.75, 3.05) is 12.3 Å². The van der Waals surface area contributed by atoms with Crippen molar-refractivity contribution >= 4 is 16.7 Å². The molecule has 0 atom stereocenters. The van der Waals surface area contributed by atoms with Crippen LogP contribution >= 0.6 is 0 Å². The first kappa shape index (κ1) is 16.7. The van der Waals surface area contributed by atoms with Gasteiger partial charge in [-0.05, 0) is 54.7 Å². The van der Waals surface area contributed by atoms with Crippen LogP contribution in [0.2, 0.25) is 0 Å². The summed E-state index contributed by atoms with van der Waals surface area (Å²) in [5, 5.41) is 0.844. The van der Waals surface area contributed by atoms with Gasteiger partial charge in [0.05, 0.1) is 17.8 Å². The zero-order chi connectivity index (χ0) is 18.9. The van der Waals surface area contributed by atoms with E-state index >= 15 is 0 Å². The molecule has 4 aromatic rings. The summed E-state index contributed by atoms with van der Waals surface area (Å²) < 4.78 is 5.95. The number of benzene rings is 2. The van der Waals surface area contributed by atoms with Gasteiger partial charge in [0, 0.05) is 22.7 Å². The Labute approximate surface area is 163 Å². The third kappa shape index (κ3) is 3.27. The van der Waals surface area contributed by atoms with Gasteiger partial charge in [0.2, 0.25) is 0 Å². The molecule has 1 fully saturated rings. The van der Waals surface area contributed by atoms with Crippen molar-refractivity contribution < 1.29 is 4.74 Å². The largest absolute Gasteiger partial charge is 0.493 e. The van der Waals surface area contributed by atoms with Crippen LogP contribution in [-0.4, -0.2) is 21.6 Å². The number of ether oxygens (including phenoxy) is 1. The highest BCUT2D eigenvalue weighted by atomic mass is 16.5. The second-order valence-corrected chi connectivity index (χ2v) is 7.17. The molecular weight excluding hydrogens is 348 g/mol. The molecule has 0 bridgehead atoms. The summed E-state index contributed by atoms with van der Waals surface area (Å²) in [5.41, 5.74) is 10.9. The Morgan fingerprint density at radius 1 is 0.929 bits per heavy atom. The SMILES string of the molecule is Nc1ncnc2ccc(-c3cccnc3-c3cccc(OCC4CC4)c3)cc12. The van der Waals surface area contributed by atoms with Crippen LogP contribution in [0.4, 0.5) is 5.82 Å². The zero-order valence-electron chi connectivity index (χ0n) is 15.4. The van der Waals surface area contributed by atoms with Gasteiger partial charge in [0.25, 0.3) is 0 Å². The fourth-order valence-electron chi connectivity index (χ4n) is 3.34. The fourth-order valence-corrected chi connectivity index (χ4v) is 3.34. The second-order valence-electron chi connectivity index (χ2n) is 7.17. The van der Waals surface area contributed by atoms with Crippen LogP contribution in [0.1, 0.15) is 12.8 Å². The third-order valence-corrected chi connectivity index (χ3v) is 5.07. The van der Waals surface area contributed by atoms with Crippen LogP contribution in [0.3, 0.4) is 0 Å². The average Bonchev–Trinajstić information content (AvgIpc) is 3.57. The molecule has 28 heavy (non-hydrogen) atoms. The summed E-state index contributed by atoms with van der Waals surface area (Å²) in [7, 11) is 0. The number of nitrogens with zero attached hydrogens (tertiary/aromatic N) is 3. The van der Waals surface area contributed by atoms with E-state index in [0.717, 1.165) is 51.6 Å². The average molecular weight is 368 g/mol. The molecule has 2 N–H and O–H groups in total. The van der Waals surface area contributed by atoms with E-state index in [2.05, 4.69) is 33.2 Å². The molecule has 2 heterocycles. The minimum absolute atomic E-state index is 0.479. The van der Waals surface area contributed by atoms with Crippen molar-refractivity contribution in [2.24, 2.45) is 5.92 Å². The third-order valence-electron chi connectivity index (χ3n) is 5.07. The summed E-state index contributed by atoms with van der Waals surface area (Å²) in [5.74, 6) is 2.09. The lowest BCUT2D eigenvalue weighted by molar-refractivity contribution is 0.300. The molecule has 1 aliphatic carbocycles. The zero-order valence-corrected chi connectivity index (χ0v) is 15.4. The highest BCUT2D eigenvalue weighted by Crippen LogP contribution is 2.34. The molecule has 2 aromatic carbocycles. The molecule has 0 unspecified atom stereocenters. The summed E-state index contributed by atoms with van der Waals surface area (Å²) in [6.07, 6.45) is 5.85. The number of fused-ring (bicyclic) bond motifs is 1. The van der Waals surface area contributed by atoms with E-state index in [9.17, 15) is 0 Å². The van der Waals surface area contributed by atoms with E-state index < -0.39 is 0 Å². The molecule has 0 spiro atoms. The van der Waals surface area contributed by atoms with Crippen molar-refractivity contribution in [3.05, 3.63) is 67.1 Å². The Morgan fingerprint density at radius 3 is 2.75 bits per heavy atom. The lowest BCUT2D eigenvalue weighted by atomic mass is 9.98. The predicted molar refractivity (Wildman–Crippen MR) is 111 cm³/mol. The molecule has 1 saturated carbocycles. The molecule has 0 aliphatic heterocycles. The van der Waals surface area contributed by atoms with Crippen LogP contribution in [0.15, 0.2) is 67.1 Å². The van der Waals surface area contributed by atoms with E-state index in [0.29, 0.717) is 5.82 Å². The molecular formula is C23H20N4O. The smallest absolute Gasteiger partial charge is 0.134 e. The fraction of sp³-hybridized carbons (Fsp3) is 0.174. The van der Waals surface area contributed by atoms with Crippen LogP contribution in [-0.2, 0) is 0 Å². The number of hydrogen-bond donors (Lipinski definition) is 1. The van der Waals surface area contributed by atoms with Gasteiger partial charge in [-0.25, -0.2) is 9.97 Å². The minimum Gasteiger partial charge on any atom is -0.493 e. The van der Waals surface area contributed by atoms with Gasteiger partial charge in [-0.1, -0.05) is 24.3 Å². The standard InChI is InChI=1S/C23H20N4O/c24-23-20-12-16(8-9-21(20)26-14-27-23)19-5-2-10-25-22(19)17-3-1-4-18(11-17)28-13-15-6-7-15/h1-5,8-12,14-15H,6-7,13H2,(H2,24,26,27). The maximum absolute atomic E-state index is 6.05. The van der Waals surface area contributed by atoms with Gasteiger partial charge in [-0.15, -0.1) is 0 Å². The number of hydrogen-bond acceptors (Lipinski definition) is 5. The van der Waals surface area contributed by atoms with Gasteiger partial charge in [0.15, 0.2) is 0 Å². The number of anilines is 1. The summed E-state index contributed by atoms with van der Waals surface area (Å²) in [4.78, 5) is 13.1. The van der Waals surface area contributed by atoms with Crippen molar-refractivity contribution in [1.29, 1.82) is 0 Å². The topological polar surface area (TPSA) is 73.9 Å². The monoisotopic (exact) mass is 368 g/mol. The maximum Gasteiger partial charge on any atom is 0.134 e. The molecule has 5 nitrogen and oxygen atoms in total. The van der Waals surface area contributed by atoms with E-state index in [1.165, 1.54) is 19.2 Å². The first-order chi connectivity index (χ1) is 13.8. The maximum atomic E-state index is 6.05. The lowest BCUT2D eigenvalue weighted by Gasteiger charge is -2.12. The van der Waals surface area contributed by atoms with Gasteiger partial charge < -0.3 is 10.5 Å². The lowest BCUT2D eigenvalue weighted by Crippen LogP contribution is -1.99. The minimum atomic E-state index is 0.479. The molecule has 138 valence electrons. The summed E-state index contributed by atoms with van der Waals surface area (Å²) in [6.45, 7) is 0.794. The van der Waals surface area contributed by atoms with E-state index in [1.54, 1.807) is 0 Å². The van der Waals surface area contributed by atoms with Gasteiger partial charge in [-0.3, -0.25) is 4.98 Å². The number of rotatable bonds is 5.